The Labute approximate surface area is 175 Å². The molecule has 5 rings (SSSR count). The van der Waals surface area contributed by atoms with Crippen LogP contribution >= 0.6 is 0 Å². The SMILES string of the molecule is Cc1ccccc1C(=O)Nc1ccc(C(=O)N2CCC3OC3c3ccccc32)cc1. The molecule has 2 aliphatic rings. The Morgan fingerprint density at radius 3 is 2.50 bits per heavy atom. The van der Waals surface area contributed by atoms with Crippen molar-refractivity contribution in [2.75, 3.05) is 16.8 Å². The Morgan fingerprint density at radius 2 is 1.70 bits per heavy atom. The molecule has 3 aromatic carbocycles. The number of anilines is 2. The maximum absolute atomic E-state index is 13.2. The Morgan fingerprint density at radius 1 is 0.967 bits per heavy atom. The number of aryl methyl sites for hydroxylation is 1. The van der Waals surface area contributed by atoms with Crippen LogP contribution in [0.25, 0.3) is 0 Å². The summed E-state index contributed by atoms with van der Waals surface area (Å²) in [5.41, 5.74) is 4.81. The van der Waals surface area contributed by atoms with Gasteiger partial charge in [0.1, 0.15) is 6.10 Å². The second-order valence-corrected chi connectivity index (χ2v) is 7.75. The molecule has 150 valence electrons. The number of epoxide rings is 1. The Kier molecular flexibility index (Phi) is 4.60. The minimum atomic E-state index is -0.159. The highest BCUT2D eigenvalue weighted by Crippen LogP contribution is 2.47. The summed E-state index contributed by atoms with van der Waals surface area (Å²) in [5.74, 6) is -0.201. The summed E-state index contributed by atoms with van der Waals surface area (Å²) in [4.78, 5) is 27.6. The number of hydrogen-bond donors (Lipinski definition) is 1. The molecule has 0 aromatic heterocycles. The van der Waals surface area contributed by atoms with Crippen molar-refractivity contribution in [1.82, 2.24) is 0 Å². The van der Waals surface area contributed by atoms with Gasteiger partial charge >= 0.3 is 0 Å². The Bertz CT molecular complexity index is 1120. The summed E-state index contributed by atoms with van der Waals surface area (Å²) in [7, 11) is 0. The van der Waals surface area contributed by atoms with Crippen LogP contribution in [0.5, 0.6) is 0 Å². The highest BCUT2D eigenvalue weighted by atomic mass is 16.6. The Balaban J connectivity index is 1.34. The fraction of sp³-hybridized carbons (Fsp3) is 0.200. The molecule has 30 heavy (non-hydrogen) atoms. The molecule has 2 aliphatic heterocycles. The van der Waals surface area contributed by atoms with Crippen molar-refractivity contribution in [2.45, 2.75) is 25.6 Å². The van der Waals surface area contributed by atoms with Crippen LogP contribution in [0.2, 0.25) is 0 Å². The molecule has 1 N–H and O–H groups in total. The van der Waals surface area contributed by atoms with Gasteiger partial charge in [-0.15, -0.1) is 0 Å². The molecule has 0 spiro atoms. The molecule has 2 amide bonds. The van der Waals surface area contributed by atoms with Crippen LogP contribution < -0.4 is 10.2 Å². The lowest BCUT2D eigenvalue weighted by atomic mass is 10.1. The summed E-state index contributed by atoms with van der Waals surface area (Å²) >= 11 is 0. The first-order valence-corrected chi connectivity index (χ1v) is 10.1. The van der Waals surface area contributed by atoms with Gasteiger partial charge in [0, 0.05) is 34.6 Å². The van der Waals surface area contributed by atoms with Gasteiger partial charge in [-0.1, -0.05) is 36.4 Å². The predicted molar refractivity (Wildman–Crippen MR) is 116 cm³/mol. The molecule has 2 heterocycles. The van der Waals surface area contributed by atoms with E-state index in [0.717, 1.165) is 23.2 Å². The molecule has 0 radical (unpaired) electrons. The average molecular weight is 398 g/mol. The molecule has 5 heteroatoms. The predicted octanol–water partition coefficient (Wildman–Crippen LogP) is 4.74. The van der Waals surface area contributed by atoms with Gasteiger partial charge in [0.2, 0.25) is 0 Å². The number of fused-ring (bicyclic) bond motifs is 3. The molecule has 1 saturated heterocycles. The van der Waals surface area contributed by atoms with Crippen LogP contribution in [0.1, 0.15) is 44.4 Å². The molecule has 1 fully saturated rings. The van der Waals surface area contributed by atoms with Crippen LogP contribution in [0.4, 0.5) is 11.4 Å². The lowest BCUT2D eigenvalue weighted by Crippen LogP contribution is -2.32. The van der Waals surface area contributed by atoms with E-state index in [4.69, 9.17) is 4.74 Å². The van der Waals surface area contributed by atoms with E-state index in [1.807, 2.05) is 54.3 Å². The van der Waals surface area contributed by atoms with Crippen molar-refractivity contribution in [3.63, 3.8) is 0 Å². The van der Waals surface area contributed by atoms with E-state index in [1.165, 1.54) is 0 Å². The van der Waals surface area contributed by atoms with E-state index in [9.17, 15) is 9.59 Å². The van der Waals surface area contributed by atoms with Crippen molar-refractivity contribution < 1.29 is 14.3 Å². The smallest absolute Gasteiger partial charge is 0.258 e. The van der Waals surface area contributed by atoms with Crippen LogP contribution in [0.15, 0.2) is 72.8 Å². The van der Waals surface area contributed by atoms with Crippen molar-refractivity contribution in [3.8, 4) is 0 Å². The van der Waals surface area contributed by atoms with Crippen molar-refractivity contribution in [2.24, 2.45) is 0 Å². The van der Waals surface area contributed by atoms with E-state index in [0.29, 0.717) is 23.4 Å². The van der Waals surface area contributed by atoms with E-state index in [-0.39, 0.29) is 24.0 Å². The quantitative estimate of drug-likeness (QED) is 0.649. The van der Waals surface area contributed by atoms with E-state index < -0.39 is 0 Å². The highest BCUT2D eigenvalue weighted by Gasteiger charge is 2.44. The number of nitrogens with one attached hydrogen (secondary N) is 1. The zero-order valence-electron chi connectivity index (χ0n) is 16.7. The first kappa shape index (κ1) is 18.6. The van der Waals surface area contributed by atoms with Gasteiger partial charge in [-0.05, 0) is 55.3 Å². The zero-order valence-corrected chi connectivity index (χ0v) is 16.7. The maximum atomic E-state index is 13.2. The summed E-state index contributed by atoms with van der Waals surface area (Å²) in [6.07, 6.45) is 1.15. The summed E-state index contributed by atoms with van der Waals surface area (Å²) in [5, 5.41) is 2.90. The molecular formula is C25H22N2O3. The van der Waals surface area contributed by atoms with Crippen LogP contribution in [-0.4, -0.2) is 24.5 Å². The molecule has 5 nitrogen and oxygen atoms in total. The summed E-state index contributed by atoms with van der Waals surface area (Å²) in [6.45, 7) is 2.54. The third kappa shape index (κ3) is 3.37. The largest absolute Gasteiger partial charge is 0.364 e. The molecule has 0 saturated carbocycles. The molecular weight excluding hydrogens is 376 g/mol. The number of para-hydroxylation sites is 1. The molecule has 0 bridgehead atoms. The van der Waals surface area contributed by atoms with E-state index in [2.05, 4.69) is 5.32 Å². The number of carbonyl (C=O) groups excluding carboxylic acids is 2. The van der Waals surface area contributed by atoms with Crippen LogP contribution in [-0.2, 0) is 4.74 Å². The van der Waals surface area contributed by atoms with E-state index in [1.54, 1.807) is 30.3 Å². The number of benzene rings is 3. The fourth-order valence-corrected chi connectivity index (χ4v) is 4.08. The third-order valence-electron chi connectivity index (χ3n) is 5.78. The number of hydrogen-bond acceptors (Lipinski definition) is 3. The minimum Gasteiger partial charge on any atom is -0.364 e. The van der Waals surface area contributed by atoms with Crippen LogP contribution in [0.3, 0.4) is 0 Å². The van der Waals surface area contributed by atoms with E-state index >= 15 is 0 Å². The topological polar surface area (TPSA) is 61.9 Å². The average Bonchev–Trinajstić information content (AvgIpc) is 3.55. The zero-order chi connectivity index (χ0) is 20.7. The third-order valence-corrected chi connectivity index (χ3v) is 5.78. The molecule has 3 aromatic rings. The Hall–Kier alpha value is -3.44. The van der Waals surface area contributed by atoms with Gasteiger partial charge in [-0.2, -0.15) is 0 Å². The van der Waals surface area contributed by atoms with Crippen molar-refractivity contribution >= 4 is 23.2 Å². The minimum absolute atomic E-state index is 0.0412. The number of nitrogens with zero attached hydrogens (tertiary/aromatic N) is 1. The summed E-state index contributed by atoms with van der Waals surface area (Å²) < 4.78 is 5.74. The number of rotatable bonds is 3. The van der Waals surface area contributed by atoms with Gasteiger partial charge in [0.15, 0.2) is 0 Å². The molecule has 0 aliphatic carbocycles. The lowest BCUT2D eigenvalue weighted by molar-refractivity contribution is 0.0984. The van der Waals surface area contributed by atoms with Gasteiger partial charge in [-0.3, -0.25) is 9.59 Å². The lowest BCUT2D eigenvalue weighted by Gasteiger charge is -2.23. The standard InChI is InChI=1S/C25H22N2O3/c1-16-6-2-3-7-19(16)24(28)26-18-12-10-17(11-13-18)25(29)27-15-14-22-23(30-22)20-8-4-5-9-21(20)27/h2-13,22-23H,14-15H2,1H3,(H,26,28). The van der Waals surface area contributed by atoms with Crippen molar-refractivity contribution in [3.05, 3.63) is 95.1 Å². The highest BCUT2D eigenvalue weighted by molar-refractivity contribution is 6.08. The maximum Gasteiger partial charge on any atom is 0.258 e. The fourth-order valence-electron chi connectivity index (χ4n) is 4.08. The van der Waals surface area contributed by atoms with Gasteiger partial charge in [0.05, 0.1) is 6.10 Å². The second-order valence-electron chi connectivity index (χ2n) is 7.75. The summed E-state index contributed by atoms with van der Waals surface area (Å²) in [6, 6.07) is 22.5. The first-order chi connectivity index (χ1) is 14.6. The molecule has 2 atom stereocenters. The number of ether oxygens (including phenoxy) is 1. The number of amides is 2. The van der Waals surface area contributed by atoms with Crippen LogP contribution in [0, 0.1) is 6.92 Å². The number of carbonyl (C=O) groups is 2. The second kappa shape index (κ2) is 7.43. The van der Waals surface area contributed by atoms with Gasteiger partial charge in [-0.25, -0.2) is 0 Å². The van der Waals surface area contributed by atoms with Crippen molar-refractivity contribution in [1.29, 1.82) is 0 Å². The first-order valence-electron chi connectivity index (χ1n) is 10.1. The normalized spacial score (nSPS) is 19.3. The van der Waals surface area contributed by atoms with Gasteiger partial charge < -0.3 is 15.0 Å². The van der Waals surface area contributed by atoms with Gasteiger partial charge in [0.25, 0.3) is 11.8 Å². The molecule has 2 unspecified atom stereocenters. The monoisotopic (exact) mass is 398 g/mol.